The number of fused-ring (bicyclic) bond motifs is 3. The second kappa shape index (κ2) is 8.42. The maximum Gasteiger partial charge on any atom is 0.339 e. The zero-order valence-electron chi connectivity index (χ0n) is 18.0. The molecular weight excluding hydrogens is 425 g/mol. The van der Waals surface area contributed by atoms with E-state index in [1.807, 2.05) is 22.7 Å². The van der Waals surface area contributed by atoms with Gasteiger partial charge in [0, 0.05) is 38.4 Å². The van der Waals surface area contributed by atoms with E-state index in [1.165, 1.54) is 19.2 Å². The summed E-state index contributed by atoms with van der Waals surface area (Å²) in [5, 5.41) is 2.81. The summed E-state index contributed by atoms with van der Waals surface area (Å²) in [6.07, 6.45) is 1.93. The molecule has 0 saturated carbocycles. The van der Waals surface area contributed by atoms with Gasteiger partial charge in [-0.1, -0.05) is 12.1 Å². The minimum atomic E-state index is -0.509. The van der Waals surface area contributed by atoms with Gasteiger partial charge in [0.1, 0.15) is 5.82 Å². The van der Waals surface area contributed by atoms with E-state index in [0.717, 1.165) is 16.9 Å². The molecule has 2 amide bonds. The summed E-state index contributed by atoms with van der Waals surface area (Å²) >= 11 is 0. The second-order valence-electron chi connectivity index (χ2n) is 7.77. The molecule has 4 aromatic rings. The van der Waals surface area contributed by atoms with Gasteiger partial charge in [0.25, 0.3) is 0 Å². The number of aromatic nitrogens is 2. The van der Waals surface area contributed by atoms with Crippen LogP contribution in [-0.4, -0.2) is 59.6 Å². The number of urea groups is 1. The Kier molecular flexibility index (Phi) is 5.29. The smallest absolute Gasteiger partial charge is 0.339 e. The van der Waals surface area contributed by atoms with Crippen molar-refractivity contribution in [2.45, 2.75) is 0 Å². The topological polar surface area (TPSA) is 79.2 Å². The van der Waals surface area contributed by atoms with E-state index >= 15 is 0 Å². The van der Waals surface area contributed by atoms with Gasteiger partial charge in [-0.25, -0.2) is 19.0 Å². The first-order valence-electron chi connectivity index (χ1n) is 10.6. The molecule has 8 nitrogen and oxygen atoms in total. The van der Waals surface area contributed by atoms with Crippen molar-refractivity contribution in [2.24, 2.45) is 0 Å². The molecule has 0 bridgehead atoms. The number of piperazine rings is 1. The van der Waals surface area contributed by atoms with Crippen LogP contribution in [0.5, 0.6) is 0 Å². The lowest BCUT2D eigenvalue weighted by molar-refractivity contribution is 0.0602. The van der Waals surface area contributed by atoms with Crippen molar-refractivity contribution in [1.82, 2.24) is 14.3 Å². The highest BCUT2D eigenvalue weighted by Gasteiger charge is 2.25. The van der Waals surface area contributed by atoms with Gasteiger partial charge in [0.2, 0.25) is 0 Å². The van der Waals surface area contributed by atoms with Crippen molar-refractivity contribution < 1.29 is 18.7 Å². The van der Waals surface area contributed by atoms with Crippen LogP contribution in [0.15, 0.2) is 60.8 Å². The predicted molar refractivity (Wildman–Crippen MR) is 123 cm³/mol. The molecule has 1 saturated heterocycles. The van der Waals surface area contributed by atoms with Crippen molar-refractivity contribution in [1.29, 1.82) is 0 Å². The number of ether oxygens (including phenoxy) is 1. The van der Waals surface area contributed by atoms with E-state index in [0.29, 0.717) is 42.9 Å². The van der Waals surface area contributed by atoms with Crippen molar-refractivity contribution >= 4 is 40.1 Å². The largest absolute Gasteiger partial charge is 0.465 e. The van der Waals surface area contributed by atoms with Crippen LogP contribution in [0.25, 0.3) is 16.6 Å². The Morgan fingerprint density at radius 1 is 1.00 bits per heavy atom. The number of hydrogen-bond acceptors (Lipinski definition) is 5. The molecule has 1 fully saturated rings. The van der Waals surface area contributed by atoms with E-state index in [-0.39, 0.29) is 11.8 Å². The van der Waals surface area contributed by atoms with Gasteiger partial charge in [-0.2, -0.15) is 0 Å². The van der Waals surface area contributed by atoms with E-state index in [9.17, 15) is 14.0 Å². The number of carbonyl (C=O) groups is 2. The van der Waals surface area contributed by atoms with E-state index in [2.05, 4.69) is 10.2 Å². The van der Waals surface area contributed by atoms with Crippen molar-refractivity contribution in [2.75, 3.05) is 43.5 Å². The summed E-state index contributed by atoms with van der Waals surface area (Å²) in [5.74, 6) is -0.0823. The van der Waals surface area contributed by atoms with Crippen LogP contribution in [0, 0.1) is 5.82 Å². The molecule has 0 spiro atoms. The molecule has 0 radical (unpaired) electrons. The number of rotatable bonds is 3. The Morgan fingerprint density at radius 3 is 2.58 bits per heavy atom. The van der Waals surface area contributed by atoms with Gasteiger partial charge in [-0.05, 0) is 36.4 Å². The minimum absolute atomic E-state index is 0.285. The number of nitrogens with zero attached hydrogens (tertiary/aromatic N) is 4. The molecule has 1 aliphatic rings. The third kappa shape index (κ3) is 3.82. The number of hydrogen-bond donors (Lipinski definition) is 1. The lowest BCUT2D eigenvalue weighted by Crippen LogP contribution is -2.50. The second-order valence-corrected chi connectivity index (χ2v) is 7.77. The predicted octanol–water partition coefficient (Wildman–Crippen LogP) is 3.77. The molecule has 0 atom stereocenters. The number of benzene rings is 2. The van der Waals surface area contributed by atoms with Crippen LogP contribution < -0.4 is 10.2 Å². The van der Waals surface area contributed by atoms with E-state index < -0.39 is 5.97 Å². The lowest BCUT2D eigenvalue weighted by atomic mass is 10.2. The monoisotopic (exact) mass is 447 g/mol. The SMILES string of the molecule is COC(=O)c1ccccc1NC(=O)N1CCN(c2nc3cc(F)ccc3n3cccc23)CC1. The third-order valence-corrected chi connectivity index (χ3v) is 5.84. The first-order valence-corrected chi connectivity index (χ1v) is 10.6. The number of esters is 1. The summed E-state index contributed by atoms with van der Waals surface area (Å²) in [6, 6.07) is 15.0. The molecule has 1 N–H and O–H groups in total. The standard InChI is InChI=1S/C24H22FN5O3/c1-33-23(31)17-5-2-3-6-18(17)27-24(32)29-13-11-28(12-14-29)22-21-7-4-10-30(21)20-9-8-16(25)15-19(20)26-22/h2-10,15H,11-14H2,1H3,(H,27,32). The Bertz CT molecular complexity index is 1360. The number of anilines is 2. The molecule has 168 valence electrons. The third-order valence-electron chi connectivity index (χ3n) is 5.84. The number of methoxy groups -OCH3 is 1. The van der Waals surface area contributed by atoms with Gasteiger partial charge in [-0.15, -0.1) is 0 Å². The summed E-state index contributed by atoms with van der Waals surface area (Å²) < 4.78 is 20.6. The van der Waals surface area contributed by atoms with Crippen LogP contribution in [0.2, 0.25) is 0 Å². The minimum Gasteiger partial charge on any atom is -0.465 e. The van der Waals surface area contributed by atoms with Gasteiger partial charge in [0.15, 0.2) is 5.82 Å². The molecular formula is C24H22FN5O3. The fourth-order valence-electron chi connectivity index (χ4n) is 4.16. The molecule has 33 heavy (non-hydrogen) atoms. The number of para-hydroxylation sites is 1. The molecule has 3 heterocycles. The molecule has 9 heteroatoms. The fourth-order valence-corrected chi connectivity index (χ4v) is 4.16. The zero-order valence-corrected chi connectivity index (χ0v) is 18.0. The molecule has 5 rings (SSSR count). The quantitative estimate of drug-likeness (QED) is 0.484. The Hall–Kier alpha value is -4.14. The average molecular weight is 447 g/mol. The van der Waals surface area contributed by atoms with Crippen molar-refractivity contribution in [3.63, 3.8) is 0 Å². The zero-order chi connectivity index (χ0) is 22.9. The summed E-state index contributed by atoms with van der Waals surface area (Å²) in [7, 11) is 1.30. The average Bonchev–Trinajstić information content (AvgIpc) is 3.33. The molecule has 2 aromatic carbocycles. The Balaban J connectivity index is 1.33. The highest BCUT2D eigenvalue weighted by atomic mass is 19.1. The maximum atomic E-state index is 13.8. The molecule has 0 aliphatic carbocycles. The Morgan fingerprint density at radius 2 is 1.79 bits per heavy atom. The van der Waals surface area contributed by atoms with Gasteiger partial charge in [-0.3, -0.25) is 0 Å². The van der Waals surface area contributed by atoms with Gasteiger partial charge in [0.05, 0.1) is 34.9 Å². The number of nitrogens with one attached hydrogen (secondary N) is 1. The number of halogens is 1. The highest BCUT2D eigenvalue weighted by molar-refractivity contribution is 6.00. The van der Waals surface area contributed by atoms with Gasteiger partial charge >= 0.3 is 12.0 Å². The number of amides is 2. The van der Waals surface area contributed by atoms with E-state index in [1.54, 1.807) is 35.2 Å². The summed E-state index contributed by atoms with van der Waals surface area (Å²) in [4.78, 5) is 33.3. The maximum absolute atomic E-state index is 13.8. The normalized spacial score (nSPS) is 14.0. The van der Waals surface area contributed by atoms with Crippen molar-refractivity contribution in [3.05, 3.63) is 72.2 Å². The first-order chi connectivity index (χ1) is 16.0. The Labute approximate surface area is 189 Å². The van der Waals surface area contributed by atoms with Crippen molar-refractivity contribution in [3.8, 4) is 0 Å². The lowest BCUT2D eigenvalue weighted by Gasteiger charge is -2.35. The van der Waals surface area contributed by atoms with Gasteiger partial charge < -0.3 is 24.3 Å². The van der Waals surface area contributed by atoms with Crippen LogP contribution >= 0.6 is 0 Å². The van der Waals surface area contributed by atoms with Crippen LogP contribution in [0.4, 0.5) is 20.7 Å². The molecule has 0 unspecified atom stereocenters. The molecule has 2 aromatic heterocycles. The molecule has 1 aliphatic heterocycles. The first kappa shape index (κ1) is 20.7. The summed E-state index contributed by atoms with van der Waals surface area (Å²) in [5.41, 5.74) is 3.05. The number of carbonyl (C=O) groups excluding carboxylic acids is 2. The van der Waals surface area contributed by atoms with E-state index in [4.69, 9.17) is 9.72 Å². The van der Waals surface area contributed by atoms with Crippen LogP contribution in [-0.2, 0) is 4.74 Å². The fraction of sp³-hybridized carbons (Fsp3) is 0.208. The van der Waals surface area contributed by atoms with Crippen LogP contribution in [0.1, 0.15) is 10.4 Å². The summed E-state index contributed by atoms with van der Waals surface area (Å²) in [6.45, 7) is 2.09. The highest BCUT2D eigenvalue weighted by Crippen LogP contribution is 2.27. The van der Waals surface area contributed by atoms with Crippen LogP contribution in [0.3, 0.4) is 0 Å².